The SMILES string of the molecule is CN(C)CC1CCN(C(=O)c2ccc(C(=O)O)cn2)CC1. The van der Waals surface area contributed by atoms with E-state index in [9.17, 15) is 9.59 Å². The molecule has 0 bridgehead atoms. The molecule has 6 heteroatoms. The highest BCUT2D eigenvalue weighted by atomic mass is 16.4. The highest BCUT2D eigenvalue weighted by Crippen LogP contribution is 2.19. The van der Waals surface area contributed by atoms with Gasteiger partial charge in [0.05, 0.1) is 5.56 Å². The molecule has 6 nitrogen and oxygen atoms in total. The third-order valence-electron chi connectivity index (χ3n) is 3.75. The Kier molecular flexibility index (Phi) is 4.90. The first-order valence-corrected chi connectivity index (χ1v) is 7.10. The molecule has 21 heavy (non-hydrogen) atoms. The Morgan fingerprint density at radius 1 is 1.33 bits per heavy atom. The third kappa shape index (κ3) is 4.01. The van der Waals surface area contributed by atoms with Gasteiger partial charge in [-0.05, 0) is 45.0 Å². The zero-order valence-corrected chi connectivity index (χ0v) is 12.5. The lowest BCUT2D eigenvalue weighted by Crippen LogP contribution is -2.40. The van der Waals surface area contributed by atoms with Gasteiger partial charge in [-0.2, -0.15) is 0 Å². The Morgan fingerprint density at radius 2 is 2.00 bits per heavy atom. The number of pyridine rings is 1. The highest BCUT2D eigenvalue weighted by molar-refractivity contribution is 5.93. The number of aromatic carboxylic acids is 1. The second kappa shape index (κ2) is 6.67. The molecule has 2 heterocycles. The second-order valence-electron chi connectivity index (χ2n) is 5.74. The van der Waals surface area contributed by atoms with Gasteiger partial charge in [0.25, 0.3) is 5.91 Å². The Labute approximate surface area is 124 Å². The van der Waals surface area contributed by atoms with Crippen molar-refractivity contribution in [2.75, 3.05) is 33.7 Å². The fourth-order valence-electron chi connectivity index (χ4n) is 2.64. The van der Waals surface area contributed by atoms with Gasteiger partial charge in [0, 0.05) is 25.8 Å². The van der Waals surface area contributed by atoms with E-state index >= 15 is 0 Å². The molecule has 2 rings (SSSR count). The van der Waals surface area contributed by atoms with Crippen molar-refractivity contribution in [3.8, 4) is 0 Å². The van der Waals surface area contributed by atoms with Crippen LogP contribution in [0, 0.1) is 5.92 Å². The van der Waals surface area contributed by atoms with E-state index in [1.807, 2.05) is 0 Å². The number of amides is 1. The van der Waals surface area contributed by atoms with Crippen LogP contribution < -0.4 is 0 Å². The monoisotopic (exact) mass is 291 g/mol. The molecule has 1 aliphatic rings. The summed E-state index contributed by atoms with van der Waals surface area (Å²) in [4.78, 5) is 31.0. The molecule has 0 aliphatic carbocycles. The van der Waals surface area contributed by atoms with Gasteiger partial charge in [-0.3, -0.25) is 9.78 Å². The van der Waals surface area contributed by atoms with Gasteiger partial charge in [0.2, 0.25) is 0 Å². The Bertz CT molecular complexity index is 505. The number of likely N-dealkylation sites (tertiary alicyclic amines) is 1. The fourth-order valence-corrected chi connectivity index (χ4v) is 2.64. The average Bonchev–Trinajstić information content (AvgIpc) is 2.47. The minimum absolute atomic E-state index is 0.0937. The van der Waals surface area contributed by atoms with Gasteiger partial charge >= 0.3 is 5.97 Å². The van der Waals surface area contributed by atoms with Crippen molar-refractivity contribution < 1.29 is 14.7 Å². The van der Waals surface area contributed by atoms with Gasteiger partial charge < -0.3 is 14.9 Å². The second-order valence-corrected chi connectivity index (χ2v) is 5.74. The minimum Gasteiger partial charge on any atom is -0.478 e. The maximum absolute atomic E-state index is 12.3. The summed E-state index contributed by atoms with van der Waals surface area (Å²) < 4.78 is 0. The summed E-state index contributed by atoms with van der Waals surface area (Å²) in [6.45, 7) is 2.52. The normalized spacial score (nSPS) is 16.2. The van der Waals surface area contributed by atoms with Crippen LogP contribution in [0.1, 0.15) is 33.7 Å². The summed E-state index contributed by atoms with van der Waals surface area (Å²) in [5.74, 6) is -0.521. The molecule has 0 unspecified atom stereocenters. The zero-order chi connectivity index (χ0) is 15.4. The molecule has 1 fully saturated rings. The third-order valence-corrected chi connectivity index (χ3v) is 3.75. The van der Waals surface area contributed by atoms with Crippen molar-refractivity contribution in [2.24, 2.45) is 5.92 Å². The summed E-state index contributed by atoms with van der Waals surface area (Å²) in [7, 11) is 4.12. The van der Waals surface area contributed by atoms with Crippen LogP contribution >= 0.6 is 0 Å². The average molecular weight is 291 g/mol. The van der Waals surface area contributed by atoms with Crippen molar-refractivity contribution in [3.05, 3.63) is 29.6 Å². The van der Waals surface area contributed by atoms with Crippen LogP contribution in [0.15, 0.2) is 18.3 Å². The number of nitrogens with zero attached hydrogens (tertiary/aromatic N) is 3. The number of carboxylic acid groups (broad SMARTS) is 1. The van der Waals surface area contributed by atoms with Crippen LogP contribution in [-0.4, -0.2) is 65.5 Å². The summed E-state index contributed by atoms with van der Waals surface area (Å²) in [5.41, 5.74) is 0.405. The van der Waals surface area contributed by atoms with Gasteiger partial charge in [-0.1, -0.05) is 0 Å². The van der Waals surface area contributed by atoms with Crippen LogP contribution in [0.3, 0.4) is 0 Å². The van der Waals surface area contributed by atoms with E-state index in [0.29, 0.717) is 11.6 Å². The quantitative estimate of drug-likeness (QED) is 0.902. The molecule has 0 spiro atoms. The van der Waals surface area contributed by atoms with E-state index in [2.05, 4.69) is 24.0 Å². The lowest BCUT2D eigenvalue weighted by Gasteiger charge is -2.33. The van der Waals surface area contributed by atoms with Crippen LogP contribution in [0.5, 0.6) is 0 Å². The Morgan fingerprint density at radius 3 is 2.48 bits per heavy atom. The number of carbonyl (C=O) groups is 2. The van der Waals surface area contributed by atoms with Gasteiger partial charge in [-0.25, -0.2) is 4.79 Å². The molecule has 1 aliphatic heterocycles. The van der Waals surface area contributed by atoms with E-state index in [1.165, 1.54) is 18.3 Å². The smallest absolute Gasteiger partial charge is 0.337 e. The molecule has 1 aromatic rings. The molecular formula is C15H21N3O3. The van der Waals surface area contributed by atoms with Crippen molar-refractivity contribution in [3.63, 3.8) is 0 Å². The molecule has 114 valence electrons. The van der Waals surface area contributed by atoms with Gasteiger partial charge in [-0.15, -0.1) is 0 Å². The number of rotatable bonds is 4. The Hall–Kier alpha value is -1.95. The number of hydrogen-bond donors (Lipinski definition) is 1. The Balaban J connectivity index is 1.94. The minimum atomic E-state index is -1.04. The lowest BCUT2D eigenvalue weighted by molar-refractivity contribution is 0.0664. The number of carbonyl (C=O) groups excluding carboxylic acids is 1. The van der Waals surface area contributed by atoms with Crippen LogP contribution in [-0.2, 0) is 0 Å². The standard InChI is InChI=1S/C15H21N3O3/c1-17(2)10-11-5-7-18(8-6-11)14(19)13-4-3-12(9-16-13)15(20)21/h3-4,9,11H,5-8,10H2,1-2H3,(H,20,21). The van der Waals surface area contributed by atoms with E-state index in [0.717, 1.165) is 32.5 Å². The van der Waals surface area contributed by atoms with Crippen molar-refractivity contribution in [2.45, 2.75) is 12.8 Å². The molecule has 1 saturated heterocycles. The summed E-state index contributed by atoms with van der Waals surface area (Å²) >= 11 is 0. The van der Waals surface area contributed by atoms with Crippen molar-refractivity contribution in [1.29, 1.82) is 0 Å². The largest absolute Gasteiger partial charge is 0.478 e. The predicted octanol–water partition coefficient (Wildman–Crippen LogP) is 1.19. The topological polar surface area (TPSA) is 73.7 Å². The maximum Gasteiger partial charge on any atom is 0.337 e. The maximum atomic E-state index is 12.3. The molecule has 0 saturated carbocycles. The molecule has 0 aromatic carbocycles. The number of hydrogen-bond acceptors (Lipinski definition) is 4. The molecule has 1 aromatic heterocycles. The summed E-state index contributed by atoms with van der Waals surface area (Å²) in [5, 5.41) is 8.82. The molecule has 1 N–H and O–H groups in total. The van der Waals surface area contributed by atoms with E-state index in [-0.39, 0.29) is 11.5 Å². The van der Waals surface area contributed by atoms with Gasteiger partial charge in [0.15, 0.2) is 0 Å². The van der Waals surface area contributed by atoms with E-state index in [1.54, 1.807) is 4.90 Å². The molecule has 1 amide bonds. The molecular weight excluding hydrogens is 270 g/mol. The lowest BCUT2D eigenvalue weighted by atomic mass is 9.96. The molecule has 0 radical (unpaired) electrons. The first kappa shape index (κ1) is 15.4. The van der Waals surface area contributed by atoms with Crippen LogP contribution in [0.25, 0.3) is 0 Å². The highest BCUT2D eigenvalue weighted by Gasteiger charge is 2.24. The summed E-state index contributed by atoms with van der Waals surface area (Å²) in [6.07, 6.45) is 3.22. The van der Waals surface area contributed by atoms with Crippen LogP contribution in [0.4, 0.5) is 0 Å². The molecule has 0 atom stereocenters. The van der Waals surface area contributed by atoms with Gasteiger partial charge in [0.1, 0.15) is 5.69 Å². The number of piperidine rings is 1. The summed E-state index contributed by atoms with van der Waals surface area (Å²) in [6, 6.07) is 2.90. The number of aromatic nitrogens is 1. The fraction of sp³-hybridized carbons (Fsp3) is 0.533. The van der Waals surface area contributed by atoms with E-state index < -0.39 is 5.97 Å². The zero-order valence-electron chi connectivity index (χ0n) is 12.5. The first-order valence-electron chi connectivity index (χ1n) is 7.10. The predicted molar refractivity (Wildman–Crippen MR) is 78.4 cm³/mol. The first-order chi connectivity index (χ1) is 9.97. The van der Waals surface area contributed by atoms with Crippen LogP contribution in [0.2, 0.25) is 0 Å². The van der Waals surface area contributed by atoms with Crippen molar-refractivity contribution >= 4 is 11.9 Å². The van der Waals surface area contributed by atoms with E-state index in [4.69, 9.17) is 5.11 Å². The van der Waals surface area contributed by atoms with Crippen molar-refractivity contribution in [1.82, 2.24) is 14.8 Å². The number of carboxylic acids is 1.